The Hall–Kier alpha value is -2.62. The van der Waals surface area contributed by atoms with Gasteiger partial charge in [-0.2, -0.15) is 0 Å². The number of nitrogens with one attached hydrogen (secondary N) is 1. The molecule has 1 aromatic heterocycles. The number of aromatic nitrogens is 1. The van der Waals surface area contributed by atoms with Gasteiger partial charge in [0.15, 0.2) is 0 Å². The van der Waals surface area contributed by atoms with E-state index in [1.807, 2.05) is 18.4 Å². The summed E-state index contributed by atoms with van der Waals surface area (Å²) in [6.07, 6.45) is 0.960. The van der Waals surface area contributed by atoms with E-state index in [9.17, 15) is 9.18 Å². The van der Waals surface area contributed by atoms with Crippen LogP contribution in [0.2, 0.25) is 0 Å². The third kappa shape index (κ3) is 3.16. The molecule has 0 unspecified atom stereocenters. The van der Waals surface area contributed by atoms with Crippen LogP contribution in [-0.2, 0) is 19.5 Å². The fraction of sp³-hybridized carbons (Fsp3) is 0.286. The van der Waals surface area contributed by atoms with E-state index in [0.717, 1.165) is 22.9 Å². The van der Waals surface area contributed by atoms with Gasteiger partial charge in [0.1, 0.15) is 11.5 Å². The Bertz CT molecular complexity index is 927. The summed E-state index contributed by atoms with van der Waals surface area (Å²) in [5, 5.41) is 3.97. The van der Waals surface area contributed by atoms with Gasteiger partial charge in [-0.1, -0.05) is 31.2 Å². The number of halogens is 1. The van der Waals surface area contributed by atoms with Crippen LogP contribution in [0.25, 0.3) is 10.9 Å². The van der Waals surface area contributed by atoms with Gasteiger partial charge in [0.25, 0.3) is 5.91 Å². The molecule has 1 N–H and O–H groups in total. The molecule has 130 valence electrons. The first-order valence-corrected chi connectivity index (χ1v) is 8.70. The highest BCUT2D eigenvalue weighted by atomic mass is 19.1. The molecule has 3 rings (SSSR count). The number of hydrogen-bond donors (Lipinski definition) is 1. The fourth-order valence-corrected chi connectivity index (χ4v) is 3.31. The first-order valence-electron chi connectivity index (χ1n) is 8.70. The minimum absolute atomic E-state index is 0.170. The van der Waals surface area contributed by atoms with Crippen molar-refractivity contribution in [1.82, 2.24) is 9.88 Å². The summed E-state index contributed by atoms with van der Waals surface area (Å²) in [5.41, 5.74) is 4.43. The maximum Gasteiger partial charge on any atom is 0.268 e. The SMILES string of the molecule is CCc1ccc2c(c1)c(C)c(C(=O)NCc1ccccc1F)n2CC. The summed E-state index contributed by atoms with van der Waals surface area (Å²) in [4.78, 5) is 12.8. The van der Waals surface area contributed by atoms with Crippen LogP contribution in [0.1, 0.15) is 41.0 Å². The summed E-state index contributed by atoms with van der Waals surface area (Å²) in [6.45, 7) is 7.01. The third-order valence-electron chi connectivity index (χ3n) is 4.72. The van der Waals surface area contributed by atoms with E-state index in [0.29, 0.717) is 17.8 Å². The normalized spacial score (nSPS) is 11.0. The Morgan fingerprint density at radius 3 is 2.60 bits per heavy atom. The van der Waals surface area contributed by atoms with Gasteiger partial charge in [-0.15, -0.1) is 0 Å². The second kappa shape index (κ2) is 7.09. The monoisotopic (exact) mass is 338 g/mol. The summed E-state index contributed by atoms with van der Waals surface area (Å²) in [5.74, 6) is -0.472. The van der Waals surface area contributed by atoms with Crippen molar-refractivity contribution in [3.05, 3.63) is 70.7 Å². The Balaban J connectivity index is 1.95. The van der Waals surface area contributed by atoms with Crippen molar-refractivity contribution in [2.75, 3.05) is 0 Å². The van der Waals surface area contributed by atoms with Crippen LogP contribution in [0, 0.1) is 12.7 Å². The molecule has 0 aliphatic rings. The number of fused-ring (bicyclic) bond motifs is 1. The predicted octanol–water partition coefficient (Wildman–Crippen LogP) is 4.60. The van der Waals surface area contributed by atoms with Gasteiger partial charge in [0, 0.05) is 29.6 Å². The lowest BCUT2D eigenvalue weighted by molar-refractivity contribution is 0.0941. The van der Waals surface area contributed by atoms with Gasteiger partial charge in [-0.05, 0) is 49.6 Å². The fourth-order valence-electron chi connectivity index (χ4n) is 3.31. The van der Waals surface area contributed by atoms with Crippen LogP contribution >= 0.6 is 0 Å². The zero-order valence-electron chi connectivity index (χ0n) is 14.9. The molecule has 0 saturated heterocycles. The highest BCUT2D eigenvalue weighted by molar-refractivity contribution is 6.01. The Morgan fingerprint density at radius 1 is 1.16 bits per heavy atom. The topological polar surface area (TPSA) is 34.0 Å². The van der Waals surface area contributed by atoms with E-state index in [1.165, 1.54) is 11.6 Å². The second-order valence-electron chi connectivity index (χ2n) is 6.20. The largest absolute Gasteiger partial charge is 0.347 e. The number of carbonyl (C=O) groups is 1. The van der Waals surface area contributed by atoms with Gasteiger partial charge in [0.05, 0.1) is 0 Å². The van der Waals surface area contributed by atoms with Gasteiger partial charge < -0.3 is 9.88 Å². The van der Waals surface area contributed by atoms with Crippen LogP contribution in [0.15, 0.2) is 42.5 Å². The molecule has 0 aliphatic heterocycles. The standard InChI is InChI=1S/C21H23FN2O/c1-4-15-10-11-19-17(12-15)14(3)20(24(19)5-2)21(25)23-13-16-8-6-7-9-18(16)22/h6-12H,4-5,13H2,1-3H3,(H,23,25). The Morgan fingerprint density at radius 2 is 1.92 bits per heavy atom. The summed E-state index contributed by atoms with van der Waals surface area (Å²) in [6, 6.07) is 12.8. The summed E-state index contributed by atoms with van der Waals surface area (Å²) >= 11 is 0. The number of hydrogen-bond acceptors (Lipinski definition) is 1. The van der Waals surface area contributed by atoms with Crippen molar-refractivity contribution in [3.8, 4) is 0 Å². The van der Waals surface area contributed by atoms with E-state index in [-0.39, 0.29) is 18.3 Å². The Kier molecular flexibility index (Phi) is 4.88. The molecule has 0 atom stereocenters. The van der Waals surface area contributed by atoms with E-state index in [4.69, 9.17) is 0 Å². The lowest BCUT2D eigenvalue weighted by atomic mass is 10.1. The molecule has 1 heterocycles. The number of amides is 1. The minimum Gasteiger partial charge on any atom is -0.347 e. The van der Waals surface area contributed by atoms with E-state index in [2.05, 4.69) is 30.4 Å². The van der Waals surface area contributed by atoms with Crippen LogP contribution in [0.4, 0.5) is 4.39 Å². The van der Waals surface area contributed by atoms with Crippen molar-refractivity contribution in [1.29, 1.82) is 0 Å². The van der Waals surface area contributed by atoms with E-state index >= 15 is 0 Å². The molecule has 1 amide bonds. The molecular weight excluding hydrogens is 315 g/mol. The van der Waals surface area contributed by atoms with Crippen LogP contribution in [0.5, 0.6) is 0 Å². The number of carbonyl (C=O) groups excluding carboxylic acids is 1. The zero-order chi connectivity index (χ0) is 18.0. The number of nitrogens with zero attached hydrogens (tertiary/aromatic N) is 1. The average molecular weight is 338 g/mol. The van der Waals surface area contributed by atoms with Crippen LogP contribution in [0.3, 0.4) is 0 Å². The predicted molar refractivity (Wildman–Crippen MR) is 99.3 cm³/mol. The maximum absolute atomic E-state index is 13.8. The van der Waals surface area contributed by atoms with Crippen LogP contribution in [-0.4, -0.2) is 10.5 Å². The second-order valence-corrected chi connectivity index (χ2v) is 6.20. The first kappa shape index (κ1) is 17.2. The third-order valence-corrected chi connectivity index (χ3v) is 4.72. The van der Waals surface area contributed by atoms with Gasteiger partial charge in [-0.25, -0.2) is 4.39 Å². The zero-order valence-corrected chi connectivity index (χ0v) is 14.9. The van der Waals surface area contributed by atoms with Gasteiger partial charge in [0.2, 0.25) is 0 Å². The molecule has 0 bridgehead atoms. The van der Waals surface area contributed by atoms with Gasteiger partial charge >= 0.3 is 0 Å². The average Bonchev–Trinajstić information content (AvgIpc) is 2.92. The molecule has 0 saturated carbocycles. The molecule has 25 heavy (non-hydrogen) atoms. The lowest BCUT2D eigenvalue weighted by Gasteiger charge is -2.10. The van der Waals surface area contributed by atoms with Crippen LogP contribution < -0.4 is 5.32 Å². The number of aryl methyl sites for hydroxylation is 3. The van der Waals surface area contributed by atoms with E-state index in [1.54, 1.807) is 18.2 Å². The van der Waals surface area contributed by atoms with Crippen molar-refractivity contribution < 1.29 is 9.18 Å². The van der Waals surface area contributed by atoms with Crippen molar-refractivity contribution in [2.24, 2.45) is 0 Å². The van der Waals surface area contributed by atoms with Crippen molar-refractivity contribution in [2.45, 2.75) is 40.3 Å². The molecule has 3 nitrogen and oxygen atoms in total. The molecule has 0 fully saturated rings. The molecule has 2 aromatic carbocycles. The smallest absolute Gasteiger partial charge is 0.268 e. The highest BCUT2D eigenvalue weighted by Gasteiger charge is 2.19. The van der Waals surface area contributed by atoms with E-state index < -0.39 is 0 Å². The number of rotatable bonds is 5. The highest BCUT2D eigenvalue weighted by Crippen LogP contribution is 2.27. The molecular formula is C21H23FN2O. The minimum atomic E-state index is -0.303. The quantitative estimate of drug-likeness (QED) is 0.725. The Labute approximate surface area is 147 Å². The van der Waals surface area contributed by atoms with Gasteiger partial charge in [-0.3, -0.25) is 4.79 Å². The molecule has 4 heteroatoms. The molecule has 0 radical (unpaired) electrons. The molecule has 0 aliphatic carbocycles. The maximum atomic E-state index is 13.8. The molecule has 3 aromatic rings. The number of benzene rings is 2. The summed E-state index contributed by atoms with van der Waals surface area (Å²) in [7, 11) is 0. The lowest BCUT2D eigenvalue weighted by Crippen LogP contribution is -2.26. The summed E-state index contributed by atoms with van der Waals surface area (Å²) < 4.78 is 15.8. The first-order chi connectivity index (χ1) is 12.1. The molecule has 0 spiro atoms. The van der Waals surface area contributed by atoms with Crippen molar-refractivity contribution in [3.63, 3.8) is 0 Å². The van der Waals surface area contributed by atoms with Crippen molar-refractivity contribution >= 4 is 16.8 Å².